The predicted octanol–water partition coefficient (Wildman–Crippen LogP) is 4.81. The second kappa shape index (κ2) is 10.7. The first kappa shape index (κ1) is 23.1. The van der Waals surface area contributed by atoms with Gasteiger partial charge in [0, 0.05) is 37.6 Å². The summed E-state index contributed by atoms with van der Waals surface area (Å²) < 4.78 is 11.2. The molecule has 8 heteroatoms. The lowest BCUT2D eigenvalue weighted by Gasteiger charge is -2.36. The van der Waals surface area contributed by atoms with E-state index in [2.05, 4.69) is 39.4 Å². The lowest BCUT2D eigenvalue weighted by molar-refractivity contribution is 0.0891. The van der Waals surface area contributed by atoms with Crippen LogP contribution in [0, 0.1) is 5.92 Å². The highest BCUT2D eigenvalue weighted by Gasteiger charge is 2.25. The Morgan fingerprint density at radius 2 is 1.84 bits per heavy atom. The fourth-order valence-corrected chi connectivity index (χ4v) is 5.70. The van der Waals surface area contributed by atoms with E-state index < -0.39 is 0 Å². The van der Waals surface area contributed by atoms with Crippen LogP contribution in [-0.2, 0) is 0 Å². The summed E-state index contributed by atoms with van der Waals surface area (Å²) in [6.45, 7) is 5.51. The number of nitrogens with zero attached hydrogens (tertiary/aromatic N) is 3. The molecule has 2 fully saturated rings. The minimum Gasteiger partial charge on any atom is -0.459 e. The van der Waals surface area contributed by atoms with E-state index in [-0.39, 0.29) is 24.4 Å². The Morgan fingerprint density at radius 3 is 2.59 bits per heavy atom. The fraction of sp³-hybridized carbons (Fsp3) is 0.500. The number of piperazine rings is 1. The van der Waals surface area contributed by atoms with Crippen molar-refractivity contribution in [2.45, 2.75) is 38.1 Å². The lowest BCUT2D eigenvalue weighted by atomic mass is 9.84. The van der Waals surface area contributed by atoms with Crippen LogP contribution in [0.2, 0.25) is 0 Å². The monoisotopic (exact) mass is 474 g/mol. The second-order valence-corrected chi connectivity index (χ2v) is 9.59. The molecule has 3 heterocycles. The first-order valence-corrected chi connectivity index (χ1v) is 12.2. The minimum atomic E-state index is -0.0841. The van der Waals surface area contributed by atoms with Gasteiger partial charge in [0.2, 0.25) is 0 Å². The SMILES string of the molecule is Cl.O=C(NC1CCC(CCN2CCN(c3nsc4ccccc34)CC2)CC1)c1ccco1. The van der Waals surface area contributed by atoms with Crippen molar-refractivity contribution < 1.29 is 9.21 Å². The normalized spacial score (nSPS) is 21.9. The molecule has 32 heavy (non-hydrogen) atoms. The van der Waals surface area contributed by atoms with Crippen molar-refractivity contribution in [3.8, 4) is 0 Å². The summed E-state index contributed by atoms with van der Waals surface area (Å²) in [6.07, 6.45) is 7.36. The van der Waals surface area contributed by atoms with Crippen molar-refractivity contribution in [3.05, 3.63) is 48.4 Å². The van der Waals surface area contributed by atoms with Gasteiger partial charge in [0.05, 0.1) is 11.0 Å². The van der Waals surface area contributed by atoms with Crippen molar-refractivity contribution in [3.63, 3.8) is 0 Å². The Bertz CT molecular complexity index is 993. The number of rotatable bonds is 6. The molecular formula is C24H31ClN4O2S. The van der Waals surface area contributed by atoms with Gasteiger partial charge in [0.25, 0.3) is 5.91 Å². The fourth-order valence-electron chi connectivity index (χ4n) is 4.91. The summed E-state index contributed by atoms with van der Waals surface area (Å²) in [5.74, 6) is 2.26. The van der Waals surface area contributed by atoms with Crippen molar-refractivity contribution >= 4 is 45.8 Å². The van der Waals surface area contributed by atoms with E-state index in [4.69, 9.17) is 8.79 Å². The number of anilines is 1. The molecule has 1 saturated heterocycles. The zero-order valence-corrected chi connectivity index (χ0v) is 19.9. The summed E-state index contributed by atoms with van der Waals surface area (Å²) in [6, 6.07) is 12.3. The molecule has 2 aromatic heterocycles. The van der Waals surface area contributed by atoms with Gasteiger partial charge in [-0.25, -0.2) is 0 Å². The minimum absolute atomic E-state index is 0. The maximum Gasteiger partial charge on any atom is 0.287 e. The van der Waals surface area contributed by atoms with Gasteiger partial charge in [-0.3, -0.25) is 9.69 Å². The number of carbonyl (C=O) groups is 1. The Hall–Kier alpha value is -2.09. The summed E-state index contributed by atoms with van der Waals surface area (Å²) >= 11 is 1.60. The van der Waals surface area contributed by atoms with Gasteiger partial charge < -0.3 is 14.6 Å². The molecular weight excluding hydrogens is 444 g/mol. The Labute approximate surface area is 199 Å². The standard InChI is InChI=1S/C24H30N4O2S.ClH/c29-24(21-5-3-17-30-21)25-19-9-7-18(8-10-19)11-12-27-13-15-28(16-14-27)23-20-4-1-2-6-22(20)31-26-23;/h1-6,17-19H,7-16H2,(H,25,29);1H. The van der Waals surface area contributed by atoms with Crippen LogP contribution in [0.15, 0.2) is 47.1 Å². The van der Waals surface area contributed by atoms with Crippen LogP contribution in [0.25, 0.3) is 10.1 Å². The third kappa shape index (κ3) is 5.27. The Morgan fingerprint density at radius 1 is 1.06 bits per heavy atom. The molecule has 3 aromatic rings. The molecule has 6 nitrogen and oxygen atoms in total. The van der Waals surface area contributed by atoms with Gasteiger partial charge in [-0.1, -0.05) is 12.1 Å². The van der Waals surface area contributed by atoms with Gasteiger partial charge in [0.1, 0.15) is 5.82 Å². The number of halogens is 1. The van der Waals surface area contributed by atoms with E-state index in [1.165, 1.54) is 35.9 Å². The van der Waals surface area contributed by atoms with Crippen LogP contribution in [0.1, 0.15) is 42.7 Å². The summed E-state index contributed by atoms with van der Waals surface area (Å²) in [5.41, 5.74) is 0. The molecule has 0 spiro atoms. The zero-order chi connectivity index (χ0) is 21.0. The number of hydrogen-bond acceptors (Lipinski definition) is 6. The number of carbonyl (C=O) groups excluding carboxylic acids is 1. The molecule has 1 N–H and O–H groups in total. The van der Waals surface area contributed by atoms with Gasteiger partial charge in [-0.15, -0.1) is 12.4 Å². The highest BCUT2D eigenvalue weighted by Crippen LogP contribution is 2.30. The molecule has 0 radical (unpaired) electrons. The number of furan rings is 1. The van der Waals surface area contributed by atoms with Gasteiger partial charge >= 0.3 is 0 Å². The quantitative estimate of drug-likeness (QED) is 0.555. The molecule has 5 rings (SSSR count). The maximum atomic E-state index is 12.2. The van der Waals surface area contributed by atoms with E-state index in [1.807, 2.05) is 0 Å². The average molecular weight is 475 g/mol. The largest absolute Gasteiger partial charge is 0.459 e. The van der Waals surface area contributed by atoms with Crippen LogP contribution < -0.4 is 10.2 Å². The molecule has 2 aliphatic rings. The van der Waals surface area contributed by atoms with Crippen LogP contribution in [0.3, 0.4) is 0 Å². The third-order valence-electron chi connectivity index (χ3n) is 6.81. The first-order chi connectivity index (χ1) is 15.3. The lowest BCUT2D eigenvalue weighted by Crippen LogP contribution is -2.47. The molecule has 1 aromatic carbocycles. The van der Waals surface area contributed by atoms with Gasteiger partial charge in [-0.2, -0.15) is 4.37 Å². The van der Waals surface area contributed by atoms with E-state index in [0.29, 0.717) is 5.76 Å². The molecule has 0 unspecified atom stereocenters. The second-order valence-electron chi connectivity index (χ2n) is 8.79. The van der Waals surface area contributed by atoms with Gasteiger partial charge in [0.15, 0.2) is 5.76 Å². The Balaban J connectivity index is 0.00000245. The summed E-state index contributed by atoms with van der Waals surface area (Å²) in [5, 5.41) is 4.41. The van der Waals surface area contributed by atoms with Crippen LogP contribution in [0.4, 0.5) is 5.82 Å². The van der Waals surface area contributed by atoms with Crippen molar-refractivity contribution in [1.82, 2.24) is 14.6 Å². The van der Waals surface area contributed by atoms with Crippen molar-refractivity contribution in [1.29, 1.82) is 0 Å². The van der Waals surface area contributed by atoms with Gasteiger partial charge in [-0.05, 0) is 80.4 Å². The van der Waals surface area contributed by atoms with E-state index in [1.54, 1.807) is 29.9 Å². The first-order valence-electron chi connectivity index (χ1n) is 11.4. The molecule has 0 atom stereocenters. The molecule has 1 aliphatic carbocycles. The van der Waals surface area contributed by atoms with E-state index >= 15 is 0 Å². The number of benzene rings is 1. The topological polar surface area (TPSA) is 61.6 Å². The average Bonchev–Trinajstić information content (AvgIpc) is 3.49. The third-order valence-corrected chi connectivity index (χ3v) is 7.63. The number of nitrogens with one attached hydrogen (secondary N) is 1. The Kier molecular flexibility index (Phi) is 7.71. The highest BCUT2D eigenvalue weighted by atomic mass is 35.5. The van der Waals surface area contributed by atoms with E-state index in [0.717, 1.165) is 50.8 Å². The van der Waals surface area contributed by atoms with Crippen LogP contribution >= 0.6 is 23.9 Å². The molecule has 1 aliphatic heterocycles. The van der Waals surface area contributed by atoms with Crippen molar-refractivity contribution in [2.24, 2.45) is 5.92 Å². The zero-order valence-electron chi connectivity index (χ0n) is 18.2. The maximum absolute atomic E-state index is 12.2. The highest BCUT2D eigenvalue weighted by molar-refractivity contribution is 7.13. The summed E-state index contributed by atoms with van der Waals surface area (Å²) in [7, 11) is 0. The molecule has 172 valence electrons. The number of aromatic nitrogens is 1. The predicted molar refractivity (Wildman–Crippen MR) is 132 cm³/mol. The molecule has 1 saturated carbocycles. The number of amides is 1. The van der Waals surface area contributed by atoms with Crippen LogP contribution in [-0.4, -0.2) is 53.9 Å². The summed E-state index contributed by atoms with van der Waals surface area (Å²) in [4.78, 5) is 17.2. The smallest absolute Gasteiger partial charge is 0.287 e. The number of fused-ring (bicyclic) bond motifs is 1. The number of hydrogen-bond donors (Lipinski definition) is 1. The van der Waals surface area contributed by atoms with E-state index in [9.17, 15) is 4.79 Å². The molecule has 0 bridgehead atoms. The van der Waals surface area contributed by atoms with Crippen molar-refractivity contribution in [2.75, 3.05) is 37.6 Å². The molecule has 1 amide bonds. The van der Waals surface area contributed by atoms with Crippen LogP contribution in [0.5, 0.6) is 0 Å².